The number of morpholine rings is 1. The molecule has 34 heavy (non-hydrogen) atoms. The van der Waals surface area contributed by atoms with Crippen molar-refractivity contribution >= 4 is 22.8 Å². The van der Waals surface area contributed by atoms with Crippen molar-refractivity contribution in [2.24, 2.45) is 0 Å². The van der Waals surface area contributed by atoms with E-state index in [1.165, 1.54) is 5.56 Å². The number of hydrogen-bond acceptors (Lipinski definition) is 6. The molecule has 0 radical (unpaired) electrons. The summed E-state index contributed by atoms with van der Waals surface area (Å²) in [5.74, 6) is 0.849. The molecule has 2 aliphatic rings. The molecule has 6 rings (SSSR count). The van der Waals surface area contributed by atoms with Crippen molar-refractivity contribution in [2.45, 2.75) is 32.4 Å². The Bertz CT molecular complexity index is 1350. The van der Waals surface area contributed by atoms with Crippen LogP contribution in [-0.2, 0) is 16.1 Å². The highest BCUT2D eigenvalue weighted by atomic mass is 16.5. The molecule has 4 aromatic rings. The van der Waals surface area contributed by atoms with Crippen LogP contribution in [0.1, 0.15) is 18.4 Å². The molecule has 1 unspecified atom stereocenters. The van der Waals surface area contributed by atoms with Crippen molar-refractivity contribution in [3.8, 4) is 17.1 Å². The average Bonchev–Trinajstić information content (AvgIpc) is 3.60. The van der Waals surface area contributed by atoms with E-state index < -0.39 is 0 Å². The second-order valence-corrected chi connectivity index (χ2v) is 8.99. The average molecular weight is 458 g/mol. The predicted octanol–water partition coefficient (Wildman–Crippen LogP) is 2.71. The quantitative estimate of drug-likeness (QED) is 0.496. The van der Waals surface area contributed by atoms with Gasteiger partial charge in [-0.15, -0.1) is 0 Å². The fourth-order valence-electron chi connectivity index (χ4n) is 4.76. The highest BCUT2D eigenvalue weighted by Gasteiger charge is 2.24. The summed E-state index contributed by atoms with van der Waals surface area (Å²) in [4.78, 5) is 23.7. The van der Waals surface area contributed by atoms with Crippen LogP contribution in [0.25, 0.3) is 28.2 Å². The first-order chi connectivity index (χ1) is 16.6. The molecule has 0 saturated carbocycles. The van der Waals surface area contributed by atoms with Crippen molar-refractivity contribution in [2.75, 3.05) is 31.2 Å². The Morgan fingerprint density at radius 1 is 1.18 bits per heavy atom. The molecule has 5 heterocycles. The first-order valence-corrected chi connectivity index (χ1v) is 11.7. The van der Waals surface area contributed by atoms with E-state index in [4.69, 9.17) is 19.8 Å². The van der Waals surface area contributed by atoms with Gasteiger partial charge < -0.3 is 19.5 Å². The number of amides is 1. The molecule has 0 bridgehead atoms. The van der Waals surface area contributed by atoms with Gasteiger partial charge in [-0.1, -0.05) is 23.8 Å². The molecule has 2 fully saturated rings. The Hall–Kier alpha value is -3.72. The van der Waals surface area contributed by atoms with Gasteiger partial charge in [0.1, 0.15) is 5.52 Å². The molecule has 2 aliphatic heterocycles. The number of fused-ring (bicyclic) bond motifs is 1. The van der Waals surface area contributed by atoms with Crippen molar-refractivity contribution in [1.29, 1.82) is 0 Å². The number of carbonyl (C=O) groups excluding carboxylic acids is 1. The standard InChI is InChI=1S/C25H27N7O2/c1-17-3-2-4-18(13-17)20-7-8-32(29-20)22-14-21(30-9-11-34-12-10-30)24-25(28-22)31(16-26-24)15-19-5-6-23(33)27-19/h2-4,7-8,13-14,16,19H,5-6,9-12,15H2,1H3,(H,27,33). The number of benzene rings is 1. The molecule has 2 saturated heterocycles. The van der Waals surface area contributed by atoms with Gasteiger partial charge in [-0.05, 0) is 25.5 Å². The zero-order valence-electron chi connectivity index (χ0n) is 19.1. The molecule has 1 atom stereocenters. The summed E-state index contributed by atoms with van der Waals surface area (Å²) in [7, 11) is 0. The maximum absolute atomic E-state index is 11.7. The molecule has 0 spiro atoms. The van der Waals surface area contributed by atoms with Gasteiger partial charge in [0.25, 0.3) is 0 Å². The third-order valence-corrected chi connectivity index (χ3v) is 6.53. The molecular weight excluding hydrogens is 430 g/mol. The van der Waals surface area contributed by atoms with Gasteiger partial charge in [0.15, 0.2) is 11.5 Å². The number of anilines is 1. The van der Waals surface area contributed by atoms with Crippen molar-refractivity contribution in [3.63, 3.8) is 0 Å². The van der Waals surface area contributed by atoms with Crippen LogP contribution in [0.3, 0.4) is 0 Å². The smallest absolute Gasteiger partial charge is 0.220 e. The minimum Gasteiger partial charge on any atom is -0.378 e. The van der Waals surface area contributed by atoms with Gasteiger partial charge >= 0.3 is 0 Å². The number of hydrogen-bond donors (Lipinski definition) is 1. The second kappa shape index (κ2) is 8.57. The number of imidazole rings is 1. The Morgan fingerprint density at radius 3 is 2.85 bits per heavy atom. The van der Waals surface area contributed by atoms with Crippen molar-refractivity contribution < 1.29 is 9.53 Å². The van der Waals surface area contributed by atoms with Gasteiger partial charge in [-0.25, -0.2) is 14.6 Å². The lowest BCUT2D eigenvalue weighted by Crippen LogP contribution is -2.36. The summed E-state index contributed by atoms with van der Waals surface area (Å²) in [5.41, 5.74) is 5.87. The van der Waals surface area contributed by atoms with Crippen LogP contribution in [0.2, 0.25) is 0 Å². The number of nitrogens with one attached hydrogen (secondary N) is 1. The van der Waals surface area contributed by atoms with Gasteiger partial charge in [0.2, 0.25) is 5.91 Å². The molecule has 9 nitrogen and oxygen atoms in total. The second-order valence-electron chi connectivity index (χ2n) is 8.99. The maximum atomic E-state index is 11.7. The first kappa shape index (κ1) is 20.9. The third-order valence-electron chi connectivity index (χ3n) is 6.53. The SMILES string of the molecule is Cc1cccc(-c2ccn(-c3cc(N4CCOCC4)c4ncn(CC5CCC(=O)N5)c4n3)n2)c1. The summed E-state index contributed by atoms with van der Waals surface area (Å²) in [6.07, 6.45) is 5.18. The number of rotatable bonds is 5. The summed E-state index contributed by atoms with van der Waals surface area (Å²) in [6.45, 7) is 5.71. The van der Waals surface area contributed by atoms with Gasteiger partial charge in [-0.2, -0.15) is 5.10 Å². The fourth-order valence-corrected chi connectivity index (χ4v) is 4.76. The van der Waals surface area contributed by atoms with Crippen LogP contribution in [-0.4, -0.2) is 62.6 Å². The predicted molar refractivity (Wildman–Crippen MR) is 129 cm³/mol. The molecular formula is C25H27N7O2. The normalized spacial score (nSPS) is 18.6. The van der Waals surface area contributed by atoms with Gasteiger partial charge in [0, 0.05) is 49.9 Å². The Kier molecular flexibility index (Phi) is 5.26. The molecule has 3 aromatic heterocycles. The van der Waals surface area contributed by atoms with E-state index in [0.717, 1.165) is 53.4 Å². The van der Waals surface area contributed by atoms with Gasteiger partial charge in [0.05, 0.1) is 30.9 Å². The fraction of sp³-hybridized carbons (Fsp3) is 0.360. The van der Waals surface area contributed by atoms with Crippen LogP contribution >= 0.6 is 0 Å². The molecule has 0 aliphatic carbocycles. The maximum Gasteiger partial charge on any atom is 0.220 e. The topological polar surface area (TPSA) is 90.1 Å². The Morgan fingerprint density at radius 2 is 2.06 bits per heavy atom. The Balaban J connectivity index is 1.42. The van der Waals surface area contributed by atoms with E-state index in [-0.39, 0.29) is 11.9 Å². The molecule has 1 amide bonds. The number of pyridine rings is 1. The molecule has 174 valence electrons. The van der Waals surface area contributed by atoms with Crippen LogP contribution in [0.4, 0.5) is 5.69 Å². The summed E-state index contributed by atoms with van der Waals surface area (Å²) in [6, 6.07) is 12.5. The van der Waals surface area contributed by atoms with Crippen LogP contribution in [0, 0.1) is 6.92 Å². The minimum absolute atomic E-state index is 0.0971. The Labute approximate surface area is 197 Å². The van der Waals surface area contributed by atoms with Crippen LogP contribution < -0.4 is 10.2 Å². The highest BCUT2D eigenvalue weighted by molar-refractivity contribution is 5.88. The largest absolute Gasteiger partial charge is 0.378 e. The zero-order valence-corrected chi connectivity index (χ0v) is 19.1. The summed E-state index contributed by atoms with van der Waals surface area (Å²) < 4.78 is 9.45. The summed E-state index contributed by atoms with van der Waals surface area (Å²) in [5, 5.41) is 7.88. The number of ether oxygens (including phenoxy) is 1. The highest BCUT2D eigenvalue weighted by Crippen LogP contribution is 2.29. The number of carbonyl (C=O) groups is 1. The van der Waals surface area contributed by atoms with E-state index in [0.29, 0.717) is 26.2 Å². The van der Waals surface area contributed by atoms with Gasteiger partial charge in [-0.3, -0.25) is 4.79 Å². The lowest BCUT2D eigenvalue weighted by atomic mass is 10.1. The van der Waals surface area contributed by atoms with Crippen LogP contribution in [0.5, 0.6) is 0 Å². The van der Waals surface area contributed by atoms with E-state index in [1.807, 2.05) is 33.9 Å². The zero-order chi connectivity index (χ0) is 23.1. The number of aromatic nitrogens is 5. The van der Waals surface area contributed by atoms with E-state index in [1.54, 1.807) is 0 Å². The first-order valence-electron chi connectivity index (χ1n) is 11.7. The van der Waals surface area contributed by atoms with Crippen molar-refractivity contribution in [1.82, 2.24) is 29.6 Å². The van der Waals surface area contributed by atoms with Crippen molar-refractivity contribution in [3.05, 3.63) is 54.5 Å². The minimum atomic E-state index is 0.0971. The monoisotopic (exact) mass is 457 g/mol. The summed E-state index contributed by atoms with van der Waals surface area (Å²) >= 11 is 0. The number of aryl methyl sites for hydroxylation is 1. The lowest BCUT2D eigenvalue weighted by molar-refractivity contribution is -0.119. The third kappa shape index (κ3) is 3.92. The molecule has 1 aromatic carbocycles. The van der Waals surface area contributed by atoms with E-state index >= 15 is 0 Å². The molecule has 9 heteroatoms. The molecule has 1 N–H and O–H groups in total. The number of nitrogens with zero attached hydrogens (tertiary/aromatic N) is 6. The van der Waals surface area contributed by atoms with Crippen LogP contribution in [0.15, 0.2) is 48.9 Å². The van der Waals surface area contributed by atoms with E-state index in [9.17, 15) is 4.79 Å². The van der Waals surface area contributed by atoms with E-state index in [2.05, 4.69) is 41.4 Å². The lowest BCUT2D eigenvalue weighted by Gasteiger charge is -2.29.